The average Bonchev–Trinajstić information content (AvgIpc) is 2.30. The van der Waals surface area contributed by atoms with Gasteiger partial charge in [0.2, 0.25) is 0 Å². The number of anilines is 1. The molecular formula is C12H16ClN3O. The second kappa shape index (κ2) is 5.38. The maximum absolute atomic E-state index is 11.3. The molecule has 0 radical (unpaired) electrons. The van der Waals surface area contributed by atoms with Crippen molar-refractivity contribution in [3.63, 3.8) is 0 Å². The van der Waals surface area contributed by atoms with Gasteiger partial charge in [0.1, 0.15) is 0 Å². The normalized spacial score (nSPS) is 16.8. The molecule has 5 heteroatoms. The summed E-state index contributed by atoms with van der Waals surface area (Å²) < 4.78 is 0. The molecule has 2 rings (SSSR count). The summed E-state index contributed by atoms with van der Waals surface area (Å²) >= 11 is 5.93. The predicted molar refractivity (Wildman–Crippen MR) is 69.5 cm³/mol. The quantitative estimate of drug-likeness (QED) is 0.767. The van der Waals surface area contributed by atoms with E-state index in [4.69, 9.17) is 17.3 Å². The maximum Gasteiger partial charge on any atom is 0.250 e. The van der Waals surface area contributed by atoms with Gasteiger partial charge in [-0.2, -0.15) is 0 Å². The number of amides is 1. The summed E-state index contributed by atoms with van der Waals surface area (Å²) in [5.74, 6) is -0.432. The molecule has 0 bridgehead atoms. The van der Waals surface area contributed by atoms with Gasteiger partial charge in [-0.3, -0.25) is 4.79 Å². The molecule has 0 aromatic heterocycles. The number of nitrogens with one attached hydrogen (secondary N) is 2. The molecule has 1 amide bonds. The van der Waals surface area contributed by atoms with Gasteiger partial charge in [-0.15, -0.1) is 0 Å². The van der Waals surface area contributed by atoms with Crippen LogP contribution < -0.4 is 16.4 Å². The van der Waals surface area contributed by atoms with Crippen LogP contribution in [0, 0.1) is 0 Å². The zero-order chi connectivity index (χ0) is 12.3. The van der Waals surface area contributed by atoms with Gasteiger partial charge in [-0.25, -0.2) is 0 Å². The molecule has 1 fully saturated rings. The van der Waals surface area contributed by atoms with Gasteiger partial charge in [0.25, 0.3) is 5.91 Å². The Morgan fingerprint density at radius 3 is 2.76 bits per heavy atom. The third kappa shape index (κ3) is 3.11. The first kappa shape index (κ1) is 12.2. The highest BCUT2D eigenvalue weighted by Gasteiger charge is 2.16. The molecule has 0 unspecified atom stereocenters. The lowest BCUT2D eigenvalue weighted by atomic mass is 10.0. The Hall–Kier alpha value is -1.26. The number of carbonyl (C=O) groups is 1. The smallest absolute Gasteiger partial charge is 0.250 e. The van der Waals surface area contributed by atoms with Crippen LogP contribution in [0.2, 0.25) is 5.02 Å². The molecule has 1 aromatic rings. The van der Waals surface area contributed by atoms with Gasteiger partial charge in [0.05, 0.1) is 5.56 Å². The number of halogens is 1. The van der Waals surface area contributed by atoms with E-state index in [-0.39, 0.29) is 0 Å². The number of hydrogen-bond donors (Lipinski definition) is 3. The van der Waals surface area contributed by atoms with E-state index < -0.39 is 5.91 Å². The Morgan fingerprint density at radius 2 is 2.12 bits per heavy atom. The Kier molecular flexibility index (Phi) is 3.86. The molecule has 0 atom stereocenters. The fraction of sp³-hybridized carbons (Fsp3) is 0.417. The number of hydrogen-bond acceptors (Lipinski definition) is 3. The van der Waals surface area contributed by atoms with Crippen LogP contribution in [0.15, 0.2) is 18.2 Å². The molecule has 1 aliphatic rings. The van der Waals surface area contributed by atoms with E-state index in [1.165, 1.54) is 0 Å². The Labute approximate surface area is 106 Å². The first-order valence-electron chi connectivity index (χ1n) is 5.73. The van der Waals surface area contributed by atoms with Crippen molar-refractivity contribution in [2.24, 2.45) is 5.73 Å². The first-order chi connectivity index (χ1) is 8.16. The second-order valence-electron chi connectivity index (χ2n) is 4.22. The summed E-state index contributed by atoms with van der Waals surface area (Å²) in [5, 5.41) is 7.24. The zero-order valence-corrected chi connectivity index (χ0v) is 10.3. The van der Waals surface area contributed by atoms with Crippen LogP contribution in [-0.2, 0) is 0 Å². The van der Waals surface area contributed by atoms with E-state index in [1.54, 1.807) is 18.2 Å². The van der Waals surface area contributed by atoms with Gasteiger partial charge >= 0.3 is 0 Å². The van der Waals surface area contributed by atoms with Crippen LogP contribution in [0.25, 0.3) is 0 Å². The van der Waals surface area contributed by atoms with Crippen LogP contribution >= 0.6 is 11.6 Å². The topological polar surface area (TPSA) is 67.2 Å². The van der Waals surface area contributed by atoms with E-state index in [2.05, 4.69) is 10.6 Å². The fourth-order valence-electron chi connectivity index (χ4n) is 2.04. The minimum atomic E-state index is -0.432. The minimum absolute atomic E-state index is 0.368. The van der Waals surface area contributed by atoms with Gasteiger partial charge in [-0.05, 0) is 44.1 Å². The number of rotatable bonds is 3. The van der Waals surface area contributed by atoms with Crippen molar-refractivity contribution in [3.05, 3.63) is 28.8 Å². The summed E-state index contributed by atoms with van der Waals surface area (Å²) in [7, 11) is 0. The molecule has 0 aliphatic carbocycles. The van der Waals surface area contributed by atoms with Crippen molar-refractivity contribution in [2.45, 2.75) is 18.9 Å². The predicted octanol–water partition coefficient (Wildman–Crippen LogP) is 1.60. The molecule has 1 saturated heterocycles. The molecule has 0 saturated carbocycles. The largest absolute Gasteiger partial charge is 0.382 e. The second-order valence-corrected chi connectivity index (χ2v) is 4.66. The van der Waals surface area contributed by atoms with Gasteiger partial charge in [0, 0.05) is 16.8 Å². The van der Waals surface area contributed by atoms with E-state index in [9.17, 15) is 4.79 Å². The number of piperidine rings is 1. The van der Waals surface area contributed by atoms with E-state index >= 15 is 0 Å². The highest BCUT2D eigenvalue weighted by atomic mass is 35.5. The SMILES string of the molecule is NC(=O)c1ccc(Cl)cc1NC1CCNCC1. The number of primary amides is 1. The first-order valence-corrected chi connectivity index (χ1v) is 6.11. The van der Waals surface area contributed by atoms with Crippen molar-refractivity contribution >= 4 is 23.2 Å². The fourth-order valence-corrected chi connectivity index (χ4v) is 2.21. The Morgan fingerprint density at radius 1 is 1.41 bits per heavy atom. The molecule has 4 N–H and O–H groups in total. The highest BCUT2D eigenvalue weighted by molar-refractivity contribution is 6.31. The molecule has 1 aromatic carbocycles. The van der Waals surface area contributed by atoms with Crippen LogP contribution in [0.3, 0.4) is 0 Å². The lowest BCUT2D eigenvalue weighted by Gasteiger charge is -2.25. The standard InChI is InChI=1S/C12H16ClN3O/c13-8-1-2-10(12(14)17)11(7-8)16-9-3-5-15-6-4-9/h1-2,7,9,15-16H,3-6H2,(H2,14,17). The van der Waals surface area contributed by atoms with Crippen molar-refractivity contribution in [3.8, 4) is 0 Å². The monoisotopic (exact) mass is 253 g/mol. The summed E-state index contributed by atoms with van der Waals surface area (Å²) in [6.45, 7) is 1.98. The van der Waals surface area contributed by atoms with Crippen molar-refractivity contribution in [1.82, 2.24) is 5.32 Å². The molecule has 1 aliphatic heterocycles. The Bertz CT molecular complexity index is 416. The molecular weight excluding hydrogens is 238 g/mol. The van der Waals surface area contributed by atoms with Crippen LogP contribution in [-0.4, -0.2) is 25.0 Å². The molecule has 4 nitrogen and oxygen atoms in total. The zero-order valence-electron chi connectivity index (χ0n) is 9.50. The number of benzene rings is 1. The van der Waals surface area contributed by atoms with Gasteiger partial charge < -0.3 is 16.4 Å². The molecule has 17 heavy (non-hydrogen) atoms. The number of nitrogens with two attached hydrogens (primary N) is 1. The van der Waals surface area contributed by atoms with Crippen LogP contribution in [0.4, 0.5) is 5.69 Å². The summed E-state index contributed by atoms with van der Waals surface area (Å²) in [6, 6.07) is 5.46. The van der Waals surface area contributed by atoms with Crippen LogP contribution in [0.1, 0.15) is 23.2 Å². The van der Waals surface area contributed by atoms with Crippen molar-refractivity contribution in [2.75, 3.05) is 18.4 Å². The highest BCUT2D eigenvalue weighted by Crippen LogP contribution is 2.23. The third-order valence-corrected chi connectivity index (χ3v) is 3.18. The number of carbonyl (C=O) groups excluding carboxylic acids is 1. The lowest BCUT2D eigenvalue weighted by molar-refractivity contribution is 0.100. The lowest BCUT2D eigenvalue weighted by Crippen LogP contribution is -2.35. The van der Waals surface area contributed by atoms with E-state index in [0.29, 0.717) is 16.6 Å². The average molecular weight is 254 g/mol. The minimum Gasteiger partial charge on any atom is -0.382 e. The van der Waals surface area contributed by atoms with E-state index in [0.717, 1.165) is 31.6 Å². The third-order valence-electron chi connectivity index (χ3n) is 2.95. The van der Waals surface area contributed by atoms with Gasteiger partial charge in [0.15, 0.2) is 0 Å². The van der Waals surface area contributed by atoms with Gasteiger partial charge in [-0.1, -0.05) is 11.6 Å². The summed E-state index contributed by atoms with van der Waals surface area (Å²) in [6.07, 6.45) is 2.06. The van der Waals surface area contributed by atoms with Crippen molar-refractivity contribution in [1.29, 1.82) is 0 Å². The Balaban J connectivity index is 2.17. The molecule has 0 spiro atoms. The maximum atomic E-state index is 11.3. The summed E-state index contributed by atoms with van der Waals surface area (Å²) in [4.78, 5) is 11.3. The van der Waals surface area contributed by atoms with Crippen LogP contribution in [0.5, 0.6) is 0 Å². The van der Waals surface area contributed by atoms with E-state index in [1.807, 2.05) is 0 Å². The molecule has 1 heterocycles. The summed E-state index contributed by atoms with van der Waals surface area (Å²) in [5.41, 5.74) is 6.56. The van der Waals surface area contributed by atoms with Crippen molar-refractivity contribution < 1.29 is 4.79 Å². The molecule has 92 valence electrons.